The fourth-order valence-corrected chi connectivity index (χ4v) is 3.31. The largest absolute Gasteiger partial charge is 0.463 e. The van der Waals surface area contributed by atoms with Crippen molar-refractivity contribution in [3.8, 4) is 0 Å². The van der Waals surface area contributed by atoms with Crippen molar-refractivity contribution in [1.82, 2.24) is 14.8 Å². The highest BCUT2D eigenvalue weighted by atomic mass is 79.9. The number of hydrogen-bond donors (Lipinski definition) is 1. The van der Waals surface area contributed by atoms with Crippen LogP contribution < -0.4 is 11.2 Å². The van der Waals surface area contributed by atoms with Crippen LogP contribution in [0.25, 0.3) is 0 Å². The molecule has 0 radical (unpaired) electrons. The van der Waals surface area contributed by atoms with Gasteiger partial charge in [0, 0.05) is 12.8 Å². The second kappa shape index (κ2) is 8.91. The average molecular weight is 499 g/mol. The fourth-order valence-electron chi connectivity index (χ4n) is 2.24. The Balaban J connectivity index is 2.30. The van der Waals surface area contributed by atoms with Gasteiger partial charge in [-0.05, 0) is 15.9 Å². The van der Waals surface area contributed by atoms with Crippen molar-refractivity contribution in [3.63, 3.8) is 0 Å². The number of nitrogens with zero attached hydrogens (tertiary/aromatic N) is 2. The van der Waals surface area contributed by atoms with Gasteiger partial charge in [0.25, 0.3) is 5.56 Å². The molecular formula is C14H17Br2N3O7. The Morgan fingerprint density at radius 2 is 1.92 bits per heavy atom. The van der Waals surface area contributed by atoms with Crippen LogP contribution in [-0.2, 0) is 23.8 Å². The lowest BCUT2D eigenvalue weighted by Gasteiger charge is -2.20. The summed E-state index contributed by atoms with van der Waals surface area (Å²) < 4.78 is 17.0. The summed E-state index contributed by atoms with van der Waals surface area (Å²) in [5.41, 5.74) is -1.47. The molecule has 1 saturated heterocycles. The number of ether oxygens (including phenoxy) is 3. The molecule has 4 atom stereocenters. The van der Waals surface area contributed by atoms with Crippen molar-refractivity contribution in [1.29, 1.82) is 0 Å². The fraction of sp³-hybridized carbons (Fsp3) is 0.643. The van der Waals surface area contributed by atoms with Crippen molar-refractivity contribution in [3.05, 3.63) is 25.4 Å². The van der Waals surface area contributed by atoms with E-state index < -0.39 is 46.5 Å². The lowest BCUT2D eigenvalue weighted by Crippen LogP contribution is -2.39. The number of esters is 2. The van der Waals surface area contributed by atoms with Crippen LogP contribution in [0, 0.1) is 0 Å². The van der Waals surface area contributed by atoms with Crippen LogP contribution >= 0.6 is 31.9 Å². The molecule has 2 heterocycles. The van der Waals surface area contributed by atoms with Crippen molar-refractivity contribution in [2.45, 2.75) is 50.0 Å². The molecule has 0 bridgehead atoms. The van der Waals surface area contributed by atoms with E-state index in [1.54, 1.807) is 13.8 Å². The summed E-state index contributed by atoms with van der Waals surface area (Å²) in [7, 11) is 0. The number of carbonyl (C=O) groups is 2. The van der Waals surface area contributed by atoms with Gasteiger partial charge >= 0.3 is 17.6 Å². The molecule has 26 heavy (non-hydrogen) atoms. The van der Waals surface area contributed by atoms with Crippen molar-refractivity contribution >= 4 is 43.8 Å². The first-order valence-electron chi connectivity index (χ1n) is 7.81. The smallest absolute Gasteiger partial charge is 0.347 e. The molecule has 1 aromatic rings. The third-order valence-electron chi connectivity index (χ3n) is 3.57. The number of halogens is 2. The summed E-state index contributed by atoms with van der Waals surface area (Å²) in [5, 5.41) is 3.86. The minimum atomic E-state index is -0.990. The maximum Gasteiger partial charge on any atom is 0.347 e. The zero-order valence-corrected chi connectivity index (χ0v) is 17.1. The third-order valence-corrected chi connectivity index (χ3v) is 5.06. The van der Waals surface area contributed by atoms with Gasteiger partial charge in [0.15, 0.2) is 10.8 Å². The van der Waals surface area contributed by atoms with E-state index in [9.17, 15) is 19.2 Å². The second-order valence-electron chi connectivity index (χ2n) is 5.35. The van der Waals surface area contributed by atoms with E-state index in [0.717, 1.165) is 4.68 Å². The molecular weight excluding hydrogens is 482 g/mol. The minimum absolute atomic E-state index is 0.108. The van der Waals surface area contributed by atoms with Crippen LogP contribution in [0.4, 0.5) is 0 Å². The van der Waals surface area contributed by atoms with Crippen LogP contribution in [0.1, 0.15) is 32.9 Å². The third kappa shape index (κ3) is 4.60. The van der Waals surface area contributed by atoms with E-state index in [-0.39, 0.29) is 24.1 Å². The Hall–Kier alpha value is -1.53. The van der Waals surface area contributed by atoms with Gasteiger partial charge in [0.1, 0.15) is 23.6 Å². The number of aromatic amines is 1. The molecule has 0 unspecified atom stereocenters. The summed E-state index contributed by atoms with van der Waals surface area (Å²) in [5.74, 6) is -0.913. The lowest BCUT2D eigenvalue weighted by molar-refractivity contribution is -0.158. The highest BCUT2D eigenvalue weighted by Crippen LogP contribution is 2.36. The predicted octanol–water partition coefficient (Wildman–Crippen LogP) is 0.630. The lowest BCUT2D eigenvalue weighted by atomic mass is 10.2. The Bertz CT molecular complexity index is 793. The molecule has 0 aliphatic carbocycles. The molecule has 0 amide bonds. The maximum atomic E-state index is 12.1. The number of H-pyrrole nitrogens is 1. The molecule has 1 N–H and O–H groups in total. The van der Waals surface area contributed by atoms with E-state index in [4.69, 9.17) is 14.2 Å². The molecule has 0 spiro atoms. The van der Waals surface area contributed by atoms with Crippen LogP contribution in [0.5, 0.6) is 0 Å². The zero-order valence-electron chi connectivity index (χ0n) is 13.9. The van der Waals surface area contributed by atoms with E-state index in [1.165, 1.54) is 0 Å². The summed E-state index contributed by atoms with van der Waals surface area (Å²) in [6, 6.07) is 0. The number of nitrogens with one attached hydrogen (secondary N) is 1. The van der Waals surface area contributed by atoms with E-state index in [2.05, 4.69) is 41.9 Å². The van der Waals surface area contributed by atoms with E-state index in [1.807, 2.05) is 0 Å². The zero-order chi connectivity index (χ0) is 19.4. The Morgan fingerprint density at radius 3 is 2.54 bits per heavy atom. The van der Waals surface area contributed by atoms with Gasteiger partial charge in [-0.2, -0.15) is 9.78 Å². The summed E-state index contributed by atoms with van der Waals surface area (Å²) in [6.45, 7) is 3.12. The Kier molecular flexibility index (Phi) is 7.12. The highest BCUT2D eigenvalue weighted by molar-refractivity contribution is 9.10. The van der Waals surface area contributed by atoms with Gasteiger partial charge in [0.2, 0.25) is 0 Å². The van der Waals surface area contributed by atoms with Gasteiger partial charge in [-0.3, -0.25) is 19.4 Å². The topological polar surface area (TPSA) is 130 Å². The Labute approximate surface area is 164 Å². The van der Waals surface area contributed by atoms with E-state index in [0.29, 0.717) is 0 Å². The second-order valence-corrected chi connectivity index (χ2v) is 7.16. The number of hydrogen-bond acceptors (Lipinski definition) is 8. The maximum absolute atomic E-state index is 12.1. The molecule has 1 aliphatic rings. The molecule has 1 aromatic heterocycles. The van der Waals surface area contributed by atoms with Crippen molar-refractivity contribution in [2.24, 2.45) is 0 Å². The minimum Gasteiger partial charge on any atom is -0.463 e. The average Bonchev–Trinajstić information content (AvgIpc) is 2.91. The van der Waals surface area contributed by atoms with Gasteiger partial charge in [-0.25, -0.2) is 4.79 Å². The van der Waals surface area contributed by atoms with Crippen LogP contribution in [0.2, 0.25) is 0 Å². The molecule has 2 rings (SSSR count). The highest BCUT2D eigenvalue weighted by Gasteiger charge is 2.48. The first kappa shape index (κ1) is 20.8. The van der Waals surface area contributed by atoms with Gasteiger partial charge in [0.05, 0.1) is 0 Å². The summed E-state index contributed by atoms with van der Waals surface area (Å²) >= 11 is 6.31. The molecule has 144 valence electrons. The van der Waals surface area contributed by atoms with Crippen LogP contribution in [0.3, 0.4) is 0 Å². The number of aromatic nitrogens is 3. The summed E-state index contributed by atoms with van der Waals surface area (Å²) in [4.78, 5) is 48.1. The van der Waals surface area contributed by atoms with Gasteiger partial charge in [-0.15, -0.1) is 0 Å². The molecule has 1 fully saturated rings. The molecule has 10 nitrogen and oxygen atoms in total. The number of alkyl halides is 1. The quantitative estimate of drug-likeness (QED) is 0.446. The molecule has 0 aromatic carbocycles. The van der Waals surface area contributed by atoms with Crippen LogP contribution in [0.15, 0.2) is 14.2 Å². The Morgan fingerprint density at radius 1 is 1.27 bits per heavy atom. The number of rotatable bonds is 6. The SMILES string of the molecule is CCC(=O)OC[C@@H]1O[C@H](n2nc(Br)c(=O)[nH]c2=O)[C@H](Br)[C@@H]1OC(=O)CC. The van der Waals surface area contributed by atoms with Crippen LogP contribution in [-0.4, -0.2) is 50.3 Å². The summed E-state index contributed by atoms with van der Waals surface area (Å²) in [6.07, 6.45) is -2.30. The molecule has 12 heteroatoms. The first-order chi connectivity index (χ1) is 12.3. The van der Waals surface area contributed by atoms with Crippen molar-refractivity contribution < 1.29 is 23.8 Å². The normalized spacial score (nSPS) is 25.1. The van der Waals surface area contributed by atoms with Gasteiger partial charge in [-0.1, -0.05) is 29.8 Å². The molecule has 1 aliphatic heterocycles. The monoisotopic (exact) mass is 497 g/mol. The van der Waals surface area contributed by atoms with Crippen molar-refractivity contribution in [2.75, 3.05) is 6.61 Å². The number of carbonyl (C=O) groups excluding carboxylic acids is 2. The molecule has 0 saturated carbocycles. The first-order valence-corrected chi connectivity index (χ1v) is 9.52. The predicted molar refractivity (Wildman–Crippen MR) is 94.9 cm³/mol. The van der Waals surface area contributed by atoms with Gasteiger partial charge < -0.3 is 14.2 Å². The standard InChI is InChI=1S/C14H17Br2N3O7/c1-3-7(20)24-5-6-10(26-8(21)4-2)9(15)13(25-6)19-14(23)17-12(22)11(16)18-19/h6,9-10,13H,3-5H2,1-2H3,(H,17,22,23)/t6-,9+,10+,13-/m0/s1. The van der Waals surface area contributed by atoms with E-state index >= 15 is 0 Å².